The van der Waals surface area contributed by atoms with Crippen LogP contribution >= 0.6 is 0 Å². The molecule has 3 N–H and O–H groups in total. The van der Waals surface area contributed by atoms with Gasteiger partial charge in [0.15, 0.2) is 0 Å². The van der Waals surface area contributed by atoms with Crippen LogP contribution < -0.4 is 5.32 Å². The number of halogens is 3. The molecule has 1 aromatic heterocycles. The van der Waals surface area contributed by atoms with Crippen LogP contribution in [-0.2, 0) is 17.4 Å². The van der Waals surface area contributed by atoms with Gasteiger partial charge in [0.2, 0.25) is 5.91 Å². The Kier molecular flexibility index (Phi) is 4.89. The molecule has 4 nitrogen and oxygen atoms in total. The molecule has 0 bridgehead atoms. The molecule has 2 aromatic carbocycles. The molecule has 1 saturated carbocycles. The molecule has 7 heteroatoms. The van der Waals surface area contributed by atoms with E-state index in [4.69, 9.17) is 0 Å². The number of hydrogen-bond acceptors (Lipinski definition) is 2. The normalized spacial score (nSPS) is 18.3. The number of aromatic amines is 1. The Bertz CT molecular complexity index is 1230. The van der Waals surface area contributed by atoms with Gasteiger partial charge in [-0.15, -0.1) is 0 Å². The Labute approximate surface area is 183 Å². The Hall–Kier alpha value is -3.06. The summed E-state index contributed by atoms with van der Waals surface area (Å²) < 4.78 is 39.8. The summed E-state index contributed by atoms with van der Waals surface area (Å²) in [6.07, 6.45) is 3.83. The maximum Gasteiger partial charge on any atom is 0.416 e. The maximum atomic E-state index is 13.3. The number of fused-ring (bicyclic) bond motifs is 5. The number of rotatable bonds is 2. The molecule has 0 atom stereocenters. The molecular weight excluding hydrogens is 417 g/mol. The summed E-state index contributed by atoms with van der Waals surface area (Å²) in [4.78, 5) is 15.7. The van der Waals surface area contributed by atoms with Crippen molar-refractivity contribution in [1.29, 1.82) is 0 Å². The summed E-state index contributed by atoms with van der Waals surface area (Å²) in [5.74, 6) is -0.275. The number of aliphatic hydroxyl groups is 1. The monoisotopic (exact) mass is 440 g/mol. The average molecular weight is 440 g/mol. The molecule has 2 aliphatic rings. The molecule has 3 aromatic rings. The number of benzene rings is 2. The first kappa shape index (κ1) is 20.8. The standard InChI is InChI=1S/C25H23F3N2O2/c26-25(27,28)16-5-7-20-17(13-16)18-14-22(31)29-21-6-4-15(12-19(21)23(18)30-20)8-11-24(32)9-2-1-3-10-24/h4-8,11-13,30,32H,1-3,9-10,14H2,(H,29,31)/b11-8+. The quantitative estimate of drug-likeness (QED) is 0.454. The Morgan fingerprint density at radius 3 is 2.56 bits per heavy atom. The summed E-state index contributed by atoms with van der Waals surface area (Å²) in [7, 11) is 0. The van der Waals surface area contributed by atoms with Crippen LogP contribution in [0.5, 0.6) is 0 Å². The highest BCUT2D eigenvalue weighted by Crippen LogP contribution is 2.40. The third-order valence-electron chi connectivity index (χ3n) is 6.46. The van der Waals surface area contributed by atoms with E-state index in [1.807, 2.05) is 24.3 Å². The van der Waals surface area contributed by atoms with Crippen molar-refractivity contribution in [3.63, 3.8) is 0 Å². The highest BCUT2D eigenvalue weighted by atomic mass is 19.4. The van der Waals surface area contributed by atoms with Crippen LogP contribution in [0.3, 0.4) is 0 Å². The van der Waals surface area contributed by atoms with E-state index in [9.17, 15) is 23.1 Å². The first-order valence-corrected chi connectivity index (χ1v) is 10.8. The van der Waals surface area contributed by atoms with Gasteiger partial charge in [-0.3, -0.25) is 4.79 Å². The van der Waals surface area contributed by atoms with Gasteiger partial charge in [0.1, 0.15) is 0 Å². The predicted molar refractivity (Wildman–Crippen MR) is 118 cm³/mol. The van der Waals surface area contributed by atoms with E-state index in [-0.39, 0.29) is 12.3 Å². The van der Waals surface area contributed by atoms with Crippen LogP contribution in [0.25, 0.3) is 28.2 Å². The van der Waals surface area contributed by atoms with E-state index in [1.54, 1.807) is 6.07 Å². The number of carbonyl (C=O) groups excluding carboxylic acids is 1. The van der Waals surface area contributed by atoms with Crippen molar-refractivity contribution in [3.8, 4) is 11.3 Å². The molecule has 1 amide bonds. The molecule has 0 radical (unpaired) electrons. The number of amides is 1. The molecular formula is C25H23F3N2O2. The third kappa shape index (κ3) is 3.81. The Balaban J connectivity index is 1.60. The molecule has 32 heavy (non-hydrogen) atoms. The first-order valence-electron chi connectivity index (χ1n) is 10.8. The Morgan fingerprint density at radius 1 is 1.03 bits per heavy atom. The number of anilines is 1. The van der Waals surface area contributed by atoms with Gasteiger partial charge < -0.3 is 15.4 Å². The van der Waals surface area contributed by atoms with Crippen LogP contribution in [0.1, 0.15) is 48.8 Å². The summed E-state index contributed by atoms with van der Waals surface area (Å²) in [6.45, 7) is 0. The van der Waals surface area contributed by atoms with E-state index in [0.29, 0.717) is 33.4 Å². The zero-order valence-corrected chi connectivity index (χ0v) is 17.4. The van der Waals surface area contributed by atoms with Gasteiger partial charge in [0.25, 0.3) is 0 Å². The van der Waals surface area contributed by atoms with E-state index in [1.165, 1.54) is 6.07 Å². The van der Waals surface area contributed by atoms with Crippen molar-refractivity contribution < 1.29 is 23.1 Å². The molecule has 0 saturated heterocycles. The van der Waals surface area contributed by atoms with Crippen LogP contribution in [0.4, 0.5) is 18.9 Å². The molecule has 166 valence electrons. The van der Waals surface area contributed by atoms with Crippen molar-refractivity contribution in [2.75, 3.05) is 5.32 Å². The second-order valence-corrected chi connectivity index (χ2v) is 8.76. The highest BCUT2D eigenvalue weighted by Gasteiger charge is 2.32. The van der Waals surface area contributed by atoms with Gasteiger partial charge in [-0.1, -0.05) is 37.5 Å². The van der Waals surface area contributed by atoms with Crippen LogP contribution in [-0.4, -0.2) is 21.6 Å². The molecule has 5 rings (SSSR count). The number of alkyl halides is 3. The second kappa shape index (κ2) is 7.52. The van der Waals surface area contributed by atoms with Crippen LogP contribution in [0.2, 0.25) is 0 Å². The van der Waals surface area contributed by atoms with Crippen molar-refractivity contribution in [3.05, 3.63) is 59.2 Å². The zero-order chi connectivity index (χ0) is 22.5. The topological polar surface area (TPSA) is 65.1 Å². The van der Waals surface area contributed by atoms with E-state index >= 15 is 0 Å². The maximum absolute atomic E-state index is 13.3. The van der Waals surface area contributed by atoms with Gasteiger partial charge >= 0.3 is 6.18 Å². The van der Waals surface area contributed by atoms with Gasteiger partial charge in [-0.25, -0.2) is 0 Å². The Morgan fingerprint density at radius 2 is 1.81 bits per heavy atom. The van der Waals surface area contributed by atoms with Crippen LogP contribution in [0, 0.1) is 0 Å². The average Bonchev–Trinajstić information content (AvgIpc) is 3.03. The molecule has 1 fully saturated rings. The minimum atomic E-state index is -4.46. The number of hydrogen-bond donors (Lipinski definition) is 3. The van der Waals surface area contributed by atoms with Gasteiger partial charge in [-0.05, 0) is 54.3 Å². The van der Waals surface area contributed by atoms with Crippen molar-refractivity contribution >= 4 is 28.6 Å². The number of nitrogens with one attached hydrogen (secondary N) is 2. The van der Waals surface area contributed by atoms with Crippen molar-refractivity contribution in [1.82, 2.24) is 4.98 Å². The smallest absolute Gasteiger partial charge is 0.386 e. The van der Waals surface area contributed by atoms with Gasteiger partial charge in [0, 0.05) is 16.5 Å². The summed E-state index contributed by atoms with van der Waals surface area (Å²) >= 11 is 0. The number of aromatic nitrogens is 1. The van der Waals surface area contributed by atoms with Gasteiger partial charge in [-0.2, -0.15) is 13.2 Å². The van der Waals surface area contributed by atoms with Crippen LogP contribution in [0.15, 0.2) is 42.5 Å². The summed E-state index contributed by atoms with van der Waals surface area (Å²) in [6, 6.07) is 9.10. The minimum Gasteiger partial charge on any atom is -0.386 e. The summed E-state index contributed by atoms with van der Waals surface area (Å²) in [5, 5.41) is 14.0. The van der Waals surface area contributed by atoms with Crippen molar-refractivity contribution in [2.24, 2.45) is 0 Å². The lowest BCUT2D eigenvalue weighted by Crippen LogP contribution is -2.28. The largest absolute Gasteiger partial charge is 0.416 e. The van der Waals surface area contributed by atoms with Crippen molar-refractivity contribution in [2.45, 2.75) is 50.3 Å². The third-order valence-corrected chi connectivity index (χ3v) is 6.46. The molecule has 0 spiro atoms. The van der Waals surface area contributed by atoms with Gasteiger partial charge in [0.05, 0.1) is 29.0 Å². The molecule has 0 unspecified atom stereocenters. The second-order valence-electron chi connectivity index (χ2n) is 8.76. The molecule has 1 aliphatic carbocycles. The summed E-state index contributed by atoms with van der Waals surface area (Å²) in [5.41, 5.74) is 2.36. The molecule has 2 heterocycles. The lowest BCUT2D eigenvalue weighted by atomic mass is 9.84. The fourth-order valence-corrected chi connectivity index (χ4v) is 4.76. The van der Waals surface area contributed by atoms with E-state index in [0.717, 1.165) is 49.8 Å². The highest BCUT2D eigenvalue weighted by molar-refractivity contribution is 6.05. The minimum absolute atomic E-state index is 0.0176. The molecule has 1 aliphatic heterocycles. The number of H-pyrrole nitrogens is 1. The first-order chi connectivity index (χ1) is 15.2. The zero-order valence-electron chi connectivity index (χ0n) is 17.4. The SMILES string of the molecule is O=C1Cc2c([nH]c3ccc(C(F)(F)F)cc23)-c2cc(/C=C/C3(O)CCCCC3)ccc2N1. The lowest BCUT2D eigenvalue weighted by molar-refractivity contribution is -0.137. The fourth-order valence-electron chi connectivity index (χ4n) is 4.76. The van der Waals surface area contributed by atoms with E-state index in [2.05, 4.69) is 10.3 Å². The number of carbonyl (C=O) groups is 1. The van der Waals surface area contributed by atoms with E-state index < -0.39 is 17.3 Å². The predicted octanol–water partition coefficient (Wildman–Crippen LogP) is 6.06. The fraction of sp³-hybridized carbons (Fsp3) is 0.320. The lowest BCUT2D eigenvalue weighted by Gasteiger charge is -2.28.